The van der Waals surface area contributed by atoms with E-state index in [1.165, 1.54) is 0 Å². The molecule has 2 rings (SSSR count). The van der Waals surface area contributed by atoms with Gasteiger partial charge >= 0.3 is 0 Å². The largest absolute Gasteiger partial charge is 0.487 e. The monoisotopic (exact) mass is 372 g/mol. The lowest BCUT2D eigenvalue weighted by molar-refractivity contribution is 0.286. The molecule has 0 unspecified atom stereocenters. The van der Waals surface area contributed by atoms with Gasteiger partial charge in [-0.05, 0) is 42.2 Å². The van der Waals surface area contributed by atoms with E-state index in [0.29, 0.717) is 6.61 Å². The van der Waals surface area contributed by atoms with Crippen LogP contribution in [0, 0.1) is 0 Å². The van der Waals surface area contributed by atoms with Gasteiger partial charge in [0.15, 0.2) is 8.32 Å². The van der Waals surface area contributed by atoms with E-state index in [2.05, 4.69) is 56.3 Å². The van der Waals surface area contributed by atoms with Crippen LogP contribution in [-0.2, 0) is 11.0 Å². The maximum atomic E-state index is 6.18. The fourth-order valence-corrected chi connectivity index (χ4v) is 3.23. The summed E-state index contributed by atoms with van der Waals surface area (Å²) in [5, 5.41) is 3.60. The van der Waals surface area contributed by atoms with Gasteiger partial charge in [0.25, 0.3) is 0 Å². The second kappa shape index (κ2) is 9.19. The molecule has 1 heterocycles. The molecule has 5 heteroatoms. The van der Waals surface area contributed by atoms with Gasteiger partial charge in [-0.25, -0.2) is 4.98 Å². The zero-order chi connectivity index (χ0) is 19.0. The Balaban J connectivity index is 1.68. The lowest BCUT2D eigenvalue weighted by atomic mass is 10.2. The van der Waals surface area contributed by atoms with Crippen molar-refractivity contribution in [2.75, 3.05) is 18.5 Å². The number of nitrogens with one attached hydrogen (secondary N) is 1. The molecule has 2 aromatic rings. The average molecular weight is 373 g/mol. The maximum absolute atomic E-state index is 6.18. The van der Waals surface area contributed by atoms with Crippen LogP contribution in [0.1, 0.15) is 32.8 Å². The van der Waals surface area contributed by atoms with E-state index in [-0.39, 0.29) is 5.04 Å². The highest BCUT2D eigenvalue weighted by Crippen LogP contribution is 2.36. The number of aromatic nitrogens is 1. The molecule has 0 aliphatic carbocycles. The topological polar surface area (TPSA) is 43.4 Å². The number of benzene rings is 1. The molecule has 142 valence electrons. The number of ether oxygens (including phenoxy) is 1. The van der Waals surface area contributed by atoms with E-state index in [4.69, 9.17) is 9.16 Å². The molecule has 1 aromatic heterocycles. The van der Waals surface area contributed by atoms with Crippen molar-refractivity contribution in [2.24, 2.45) is 0 Å². The van der Waals surface area contributed by atoms with E-state index in [1.54, 1.807) is 6.20 Å². The zero-order valence-electron chi connectivity index (χ0n) is 16.7. The van der Waals surface area contributed by atoms with Gasteiger partial charge in [0.2, 0.25) is 0 Å². The van der Waals surface area contributed by atoms with Crippen molar-refractivity contribution in [1.29, 1.82) is 0 Å². The van der Waals surface area contributed by atoms with Crippen molar-refractivity contribution in [3.8, 4) is 5.75 Å². The highest BCUT2D eigenvalue weighted by atomic mass is 28.4. The Morgan fingerprint density at radius 1 is 1.04 bits per heavy atom. The van der Waals surface area contributed by atoms with Gasteiger partial charge < -0.3 is 14.5 Å². The van der Waals surface area contributed by atoms with Crippen molar-refractivity contribution in [3.05, 3.63) is 54.2 Å². The van der Waals surface area contributed by atoms with E-state index >= 15 is 0 Å². The van der Waals surface area contributed by atoms with Crippen molar-refractivity contribution in [1.82, 2.24) is 4.98 Å². The third-order valence-corrected chi connectivity index (χ3v) is 9.42. The van der Waals surface area contributed by atoms with Crippen molar-refractivity contribution in [3.63, 3.8) is 0 Å². The molecular formula is C21H32N2O2Si. The number of anilines is 1. The van der Waals surface area contributed by atoms with Crippen LogP contribution in [0.5, 0.6) is 5.75 Å². The average Bonchev–Trinajstić information content (AvgIpc) is 2.60. The lowest BCUT2D eigenvalue weighted by Gasteiger charge is -2.36. The molecule has 0 radical (unpaired) electrons. The standard InChI is InChI=1S/C21H32N2O2Si/c1-21(2,3)26(4,5)25-15-9-14-22-20-13-12-19(16-23-20)24-17-18-10-7-6-8-11-18/h6-8,10-13,16H,9,14-15,17H2,1-5H3,(H,22,23). The summed E-state index contributed by atoms with van der Waals surface area (Å²) in [5.74, 6) is 1.64. The minimum atomic E-state index is -1.64. The number of hydrogen-bond donors (Lipinski definition) is 1. The molecule has 0 atom stereocenters. The highest BCUT2D eigenvalue weighted by molar-refractivity contribution is 6.74. The van der Waals surface area contributed by atoms with Crippen LogP contribution in [0.2, 0.25) is 18.1 Å². The predicted molar refractivity (Wildman–Crippen MR) is 111 cm³/mol. The lowest BCUT2D eigenvalue weighted by Crippen LogP contribution is -2.41. The first-order valence-electron chi connectivity index (χ1n) is 9.28. The first-order valence-corrected chi connectivity index (χ1v) is 12.2. The minimum Gasteiger partial charge on any atom is -0.487 e. The smallest absolute Gasteiger partial charge is 0.191 e. The van der Waals surface area contributed by atoms with Gasteiger partial charge in [0.05, 0.1) is 6.20 Å². The molecule has 0 aliphatic rings. The fourth-order valence-electron chi connectivity index (χ4n) is 2.14. The summed E-state index contributed by atoms with van der Waals surface area (Å²) in [7, 11) is -1.64. The Labute approximate surface area is 159 Å². The van der Waals surface area contributed by atoms with E-state index in [0.717, 1.165) is 36.7 Å². The van der Waals surface area contributed by atoms with Crippen LogP contribution in [0.3, 0.4) is 0 Å². The molecule has 1 aromatic carbocycles. The van der Waals surface area contributed by atoms with Gasteiger partial charge in [0.1, 0.15) is 18.2 Å². The Kier molecular flexibility index (Phi) is 7.23. The Bertz CT molecular complexity index is 652. The van der Waals surface area contributed by atoms with Crippen molar-refractivity contribution < 1.29 is 9.16 Å². The van der Waals surface area contributed by atoms with Crippen LogP contribution >= 0.6 is 0 Å². The van der Waals surface area contributed by atoms with Gasteiger partial charge in [0, 0.05) is 13.2 Å². The van der Waals surface area contributed by atoms with Crippen LogP contribution in [0.25, 0.3) is 0 Å². The Hall–Kier alpha value is -1.85. The molecule has 1 N–H and O–H groups in total. The molecular weight excluding hydrogens is 340 g/mol. The summed E-state index contributed by atoms with van der Waals surface area (Å²) >= 11 is 0. The summed E-state index contributed by atoms with van der Waals surface area (Å²) in [5.41, 5.74) is 1.15. The molecule has 0 spiro atoms. The van der Waals surface area contributed by atoms with Crippen LogP contribution in [0.15, 0.2) is 48.7 Å². The molecule has 0 bridgehead atoms. The van der Waals surface area contributed by atoms with Crippen LogP contribution in [-0.4, -0.2) is 26.5 Å². The third-order valence-electron chi connectivity index (χ3n) is 4.88. The van der Waals surface area contributed by atoms with Gasteiger partial charge in [-0.1, -0.05) is 51.1 Å². The van der Waals surface area contributed by atoms with Gasteiger partial charge in [-0.2, -0.15) is 0 Å². The highest BCUT2D eigenvalue weighted by Gasteiger charge is 2.36. The summed E-state index contributed by atoms with van der Waals surface area (Å²) < 4.78 is 11.9. The third kappa shape index (κ3) is 6.46. The molecule has 26 heavy (non-hydrogen) atoms. The van der Waals surface area contributed by atoms with E-state index in [1.807, 2.05) is 30.3 Å². The number of hydrogen-bond acceptors (Lipinski definition) is 4. The summed E-state index contributed by atoms with van der Waals surface area (Å²) in [6.45, 7) is 13.6. The molecule has 0 saturated carbocycles. The van der Waals surface area contributed by atoms with E-state index in [9.17, 15) is 0 Å². The molecule has 0 fully saturated rings. The molecule has 0 saturated heterocycles. The second-order valence-electron chi connectivity index (χ2n) is 8.04. The van der Waals surface area contributed by atoms with Crippen molar-refractivity contribution >= 4 is 14.1 Å². The SMILES string of the molecule is CC(C)(C)[Si](C)(C)OCCCNc1ccc(OCc2ccccc2)cn1. The van der Waals surface area contributed by atoms with Crippen molar-refractivity contribution in [2.45, 2.75) is 51.9 Å². The summed E-state index contributed by atoms with van der Waals surface area (Å²) in [6.07, 6.45) is 2.73. The molecule has 4 nitrogen and oxygen atoms in total. The Morgan fingerprint density at radius 3 is 2.38 bits per heavy atom. The zero-order valence-corrected chi connectivity index (χ0v) is 17.7. The predicted octanol–water partition coefficient (Wildman–Crippen LogP) is 5.48. The maximum Gasteiger partial charge on any atom is 0.191 e. The Morgan fingerprint density at radius 2 is 1.77 bits per heavy atom. The normalized spacial score (nSPS) is 12.0. The first kappa shape index (κ1) is 20.5. The summed E-state index contributed by atoms with van der Waals surface area (Å²) in [4.78, 5) is 4.41. The van der Waals surface area contributed by atoms with Gasteiger partial charge in [-0.15, -0.1) is 0 Å². The number of pyridine rings is 1. The number of rotatable bonds is 9. The first-order chi connectivity index (χ1) is 12.3. The quantitative estimate of drug-likeness (QED) is 0.467. The molecule has 0 amide bonds. The summed E-state index contributed by atoms with van der Waals surface area (Å²) in [6, 6.07) is 14.0. The van der Waals surface area contributed by atoms with Crippen LogP contribution in [0.4, 0.5) is 5.82 Å². The second-order valence-corrected chi connectivity index (χ2v) is 12.9. The van der Waals surface area contributed by atoms with E-state index < -0.39 is 8.32 Å². The minimum absolute atomic E-state index is 0.261. The fraction of sp³-hybridized carbons (Fsp3) is 0.476. The molecule has 0 aliphatic heterocycles. The van der Waals surface area contributed by atoms with Gasteiger partial charge in [-0.3, -0.25) is 0 Å². The van der Waals surface area contributed by atoms with Crippen LogP contribution < -0.4 is 10.1 Å². The number of nitrogens with zero attached hydrogens (tertiary/aromatic N) is 1.